The number of carbonyl (C=O) groups excluding carboxylic acids is 1. The molecule has 1 atom stereocenters. The van der Waals surface area contributed by atoms with Crippen molar-refractivity contribution in [2.45, 2.75) is 26.0 Å². The summed E-state index contributed by atoms with van der Waals surface area (Å²) in [4.78, 5) is 12.1. The Morgan fingerprint density at radius 1 is 1.45 bits per heavy atom. The maximum absolute atomic E-state index is 13.4. The smallest absolute Gasteiger partial charge is 0.254 e. The molecule has 6 heteroatoms. The van der Waals surface area contributed by atoms with E-state index in [-0.39, 0.29) is 11.9 Å². The van der Waals surface area contributed by atoms with Gasteiger partial charge in [0.05, 0.1) is 18.0 Å². The van der Waals surface area contributed by atoms with E-state index in [0.29, 0.717) is 24.5 Å². The van der Waals surface area contributed by atoms with E-state index in [1.165, 1.54) is 12.1 Å². The number of morpholine rings is 1. The van der Waals surface area contributed by atoms with E-state index in [1.54, 1.807) is 6.07 Å². The molecule has 0 saturated carbocycles. The molecular formula is C14H20FN3O2. The number of hydrogen-bond acceptors (Lipinski definition) is 4. The summed E-state index contributed by atoms with van der Waals surface area (Å²) in [6, 6.07) is 4.46. The van der Waals surface area contributed by atoms with Gasteiger partial charge in [-0.05, 0) is 32.0 Å². The van der Waals surface area contributed by atoms with Gasteiger partial charge >= 0.3 is 0 Å². The number of hydrogen-bond donors (Lipinski definition) is 3. The molecule has 1 heterocycles. The topological polar surface area (TPSA) is 62.4 Å². The minimum atomic E-state index is -0.543. The van der Waals surface area contributed by atoms with Gasteiger partial charge in [-0.1, -0.05) is 0 Å². The number of carbonyl (C=O) groups is 1. The summed E-state index contributed by atoms with van der Waals surface area (Å²) in [6.07, 6.45) is -0.543. The first-order valence-electron chi connectivity index (χ1n) is 6.75. The number of anilines is 2. The number of nitrogens with one attached hydrogen (secondary N) is 3. The van der Waals surface area contributed by atoms with E-state index in [1.807, 2.05) is 13.8 Å². The van der Waals surface area contributed by atoms with Gasteiger partial charge in [-0.25, -0.2) is 4.39 Å². The van der Waals surface area contributed by atoms with E-state index < -0.39 is 11.9 Å². The van der Waals surface area contributed by atoms with Crippen molar-refractivity contribution in [3.8, 4) is 0 Å². The quantitative estimate of drug-likeness (QED) is 0.784. The highest BCUT2D eigenvalue weighted by atomic mass is 19.1. The van der Waals surface area contributed by atoms with Gasteiger partial charge in [0, 0.05) is 19.1 Å². The van der Waals surface area contributed by atoms with Crippen molar-refractivity contribution >= 4 is 17.3 Å². The van der Waals surface area contributed by atoms with Crippen LogP contribution in [-0.4, -0.2) is 37.7 Å². The molecule has 1 aliphatic heterocycles. The summed E-state index contributed by atoms with van der Waals surface area (Å²) in [5.41, 5.74) is 1.12. The summed E-state index contributed by atoms with van der Waals surface area (Å²) < 4.78 is 18.7. The van der Waals surface area contributed by atoms with Crippen molar-refractivity contribution in [1.82, 2.24) is 5.32 Å². The summed E-state index contributed by atoms with van der Waals surface area (Å²) in [6.45, 7) is 5.66. The van der Waals surface area contributed by atoms with Crippen LogP contribution in [0, 0.1) is 5.82 Å². The molecule has 0 radical (unpaired) electrons. The van der Waals surface area contributed by atoms with E-state index in [9.17, 15) is 9.18 Å². The maximum Gasteiger partial charge on any atom is 0.254 e. The molecule has 1 aliphatic rings. The van der Waals surface area contributed by atoms with Crippen molar-refractivity contribution in [1.29, 1.82) is 0 Å². The van der Waals surface area contributed by atoms with Crippen molar-refractivity contribution in [2.75, 3.05) is 30.3 Å². The van der Waals surface area contributed by atoms with Gasteiger partial charge in [0.25, 0.3) is 5.91 Å². The van der Waals surface area contributed by atoms with Crippen LogP contribution in [0.5, 0.6) is 0 Å². The van der Waals surface area contributed by atoms with E-state index in [2.05, 4.69) is 16.0 Å². The molecule has 3 N–H and O–H groups in total. The fourth-order valence-electron chi connectivity index (χ4n) is 2.00. The summed E-state index contributed by atoms with van der Waals surface area (Å²) in [5.74, 6) is -0.660. The fraction of sp³-hybridized carbons (Fsp3) is 0.500. The summed E-state index contributed by atoms with van der Waals surface area (Å²) >= 11 is 0. The normalized spacial score (nSPS) is 18.9. The van der Waals surface area contributed by atoms with Crippen LogP contribution in [-0.2, 0) is 9.53 Å². The lowest BCUT2D eigenvalue weighted by Crippen LogP contribution is -2.45. The molecule has 1 aromatic carbocycles. The highest BCUT2D eigenvalue weighted by molar-refractivity contribution is 5.97. The Hall–Kier alpha value is -1.66. The predicted molar refractivity (Wildman–Crippen MR) is 76.4 cm³/mol. The van der Waals surface area contributed by atoms with Crippen molar-refractivity contribution < 1.29 is 13.9 Å². The highest BCUT2D eigenvalue weighted by Gasteiger charge is 2.22. The van der Waals surface area contributed by atoms with E-state index >= 15 is 0 Å². The number of ether oxygens (including phenoxy) is 1. The van der Waals surface area contributed by atoms with Crippen LogP contribution < -0.4 is 16.0 Å². The highest BCUT2D eigenvalue weighted by Crippen LogP contribution is 2.24. The second kappa shape index (κ2) is 6.67. The molecule has 0 bridgehead atoms. The Morgan fingerprint density at radius 2 is 2.25 bits per heavy atom. The van der Waals surface area contributed by atoms with Gasteiger partial charge in [0.15, 0.2) is 0 Å². The molecule has 1 saturated heterocycles. The van der Waals surface area contributed by atoms with Crippen LogP contribution in [0.15, 0.2) is 18.2 Å². The third-order valence-electron chi connectivity index (χ3n) is 2.90. The Bertz CT molecular complexity index is 473. The fourth-order valence-corrected chi connectivity index (χ4v) is 2.00. The average molecular weight is 281 g/mol. The van der Waals surface area contributed by atoms with Gasteiger partial charge < -0.3 is 20.7 Å². The molecule has 1 aromatic rings. The lowest BCUT2D eigenvalue weighted by molar-refractivity contribution is -0.128. The van der Waals surface area contributed by atoms with E-state index in [4.69, 9.17) is 4.74 Å². The predicted octanol–water partition coefficient (Wildman–Crippen LogP) is 1.57. The first kappa shape index (κ1) is 14.7. The van der Waals surface area contributed by atoms with Crippen molar-refractivity contribution in [3.05, 3.63) is 24.0 Å². The SMILES string of the molecule is CC(C)Nc1ccc(F)cc1NC(=O)C1CNCCO1. The molecule has 20 heavy (non-hydrogen) atoms. The van der Waals surface area contributed by atoms with Gasteiger partial charge in [0.2, 0.25) is 0 Å². The Morgan fingerprint density at radius 3 is 2.90 bits per heavy atom. The summed E-state index contributed by atoms with van der Waals surface area (Å²) in [7, 11) is 0. The van der Waals surface area contributed by atoms with Gasteiger partial charge in [0.1, 0.15) is 11.9 Å². The van der Waals surface area contributed by atoms with Crippen LogP contribution in [0.1, 0.15) is 13.8 Å². The largest absolute Gasteiger partial charge is 0.381 e. The molecule has 0 aliphatic carbocycles. The maximum atomic E-state index is 13.4. The zero-order valence-corrected chi connectivity index (χ0v) is 11.7. The second-order valence-electron chi connectivity index (χ2n) is 5.04. The molecule has 0 aromatic heterocycles. The first-order chi connectivity index (χ1) is 9.56. The molecule has 5 nitrogen and oxygen atoms in total. The standard InChI is InChI=1S/C14H20FN3O2/c1-9(2)17-11-4-3-10(15)7-12(11)18-14(19)13-8-16-5-6-20-13/h3-4,7,9,13,16-17H,5-6,8H2,1-2H3,(H,18,19). The molecule has 1 unspecified atom stereocenters. The number of amides is 1. The summed E-state index contributed by atoms with van der Waals surface area (Å²) in [5, 5.41) is 8.98. The third-order valence-corrected chi connectivity index (χ3v) is 2.90. The minimum Gasteiger partial charge on any atom is -0.381 e. The number of benzene rings is 1. The van der Waals surface area contributed by atoms with Gasteiger partial charge in [-0.2, -0.15) is 0 Å². The Labute approximate surface area is 117 Å². The lowest BCUT2D eigenvalue weighted by Gasteiger charge is -2.23. The monoisotopic (exact) mass is 281 g/mol. The van der Waals surface area contributed by atoms with Crippen LogP contribution in [0.3, 0.4) is 0 Å². The van der Waals surface area contributed by atoms with Crippen molar-refractivity contribution in [3.63, 3.8) is 0 Å². The van der Waals surface area contributed by atoms with Crippen molar-refractivity contribution in [2.24, 2.45) is 0 Å². The second-order valence-corrected chi connectivity index (χ2v) is 5.04. The van der Waals surface area contributed by atoms with Crippen LogP contribution in [0.4, 0.5) is 15.8 Å². The van der Waals surface area contributed by atoms with Crippen LogP contribution in [0.25, 0.3) is 0 Å². The lowest BCUT2D eigenvalue weighted by atomic mass is 10.2. The Kier molecular flexibility index (Phi) is 4.92. The van der Waals surface area contributed by atoms with Crippen LogP contribution >= 0.6 is 0 Å². The molecule has 1 fully saturated rings. The van der Waals surface area contributed by atoms with E-state index in [0.717, 1.165) is 6.54 Å². The zero-order valence-electron chi connectivity index (χ0n) is 11.7. The molecule has 0 spiro atoms. The van der Waals surface area contributed by atoms with Crippen LogP contribution in [0.2, 0.25) is 0 Å². The van der Waals surface area contributed by atoms with Gasteiger partial charge in [-0.15, -0.1) is 0 Å². The third kappa shape index (κ3) is 3.91. The molecule has 1 amide bonds. The molecule has 2 rings (SSSR count). The first-order valence-corrected chi connectivity index (χ1v) is 6.75. The zero-order chi connectivity index (χ0) is 14.5. The molecular weight excluding hydrogens is 261 g/mol. The van der Waals surface area contributed by atoms with Gasteiger partial charge in [-0.3, -0.25) is 4.79 Å². The number of rotatable bonds is 4. The average Bonchev–Trinajstić information content (AvgIpc) is 2.42. The Balaban J connectivity index is 2.10. The molecule has 110 valence electrons. The minimum absolute atomic E-state index is 0.184. The number of halogens is 1.